The molecule has 1 aliphatic rings. The Balaban J connectivity index is 2.25. The third kappa shape index (κ3) is 5.09. The number of fused-ring (bicyclic) bond motifs is 1. The van der Waals surface area contributed by atoms with Gasteiger partial charge in [-0.3, -0.25) is 4.79 Å². The Labute approximate surface area is 209 Å². The highest BCUT2D eigenvalue weighted by Gasteiger charge is 2.42. The molecule has 0 heterocycles. The highest BCUT2D eigenvalue weighted by Crippen LogP contribution is 2.48. The molecule has 0 unspecified atom stereocenters. The molecule has 0 bridgehead atoms. The van der Waals surface area contributed by atoms with Crippen molar-refractivity contribution in [3.63, 3.8) is 0 Å². The predicted octanol–water partition coefficient (Wildman–Crippen LogP) is 4.65. The van der Waals surface area contributed by atoms with E-state index in [1.54, 1.807) is 28.4 Å². The van der Waals surface area contributed by atoms with Crippen LogP contribution >= 0.6 is 0 Å². The second-order valence-electron chi connectivity index (χ2n) is 10.7. The van der Waals surface area contributed by atoms with Crippen LogP contribution in [0.25, 0.3) is 10.8 Å². The van der Waals surface area contributed by atoms with E-state index in [9.17, 15) is 9.90 Å². The number of ether oxygens (including phenoxy) is 5. The van der Waals surface area contributed by atoms with Crippen molar-refractivity contribution in [2.24, 2.45) is 11.8 Å². The van der Waals surface area contributed by atoms with E-state index < -0.39 is 8.07 Å². The van der Waals surface area contributed by atoms with E-state index in [4.69, 9.17) is 23.7 Å². The molecule has 0 amide bonds. The molecule has 3 rings (SSSR count). The quantitative estimate of drug-likeness (QED) is 0.414. The Hall–Kier alpha value is -2.45. The molecule has 0 aromatic heterocycles. The van der Waals surface area contributed by atoms with Crippen molar-refractivity contribution in [1.29, 1.82) is 0 Å². The second-order valence-corrected chi connectivity index (χ2v) is 15.8. The zero-order chi connectivity index (χ0) is 26.1. The highest BCUT2D eigenvalue weighted by molar-refractivity contribution is 6.89. The van der Waals surface area contributed by atoms with E-state index in [1.807, 2.05) is 12.1 Å². The summed E-state index contributed by atoms with van der Waals surface area (Å²) in [4.78, 5) is 12.6. The Morgan fingerprint density at radius 3 is 2.17 bits per heavy atom. The third-order valence-electron chi connectivity index (χ3n) is 7.51. The Morgan fingerprint density at radius 2 is 1.66 bits per heavy atom. The van der Waals surface area contributed by atoms with E-state index in [-0.39, 0.29) is 29.2 Å². The summed E-state index contributed by atoms with van der Waals surface area (Å²) >= 11 is 0. The van der Waals surface area contributed by atoms with E-state index in [2.05, 4.69) is 26.6 Å². The third-order valence-corrected chi connectivity index (χ3v) is 9.50. The molecule has 1 aliphatic carbocycles. The fourth-order valence-electron chi connectivity index (χ4n) is 5.46. The minimum Gasteiger partial charge on any atom is -0.507 e. The summed E-state index contributed by atoms with van der Waals surface area (Å²) in [5.41, 5.74) is 0.360. The van der Waals surface area contributed by atoms with Gasteiger partial charge in [0.2, 0.25) is 0 Å². The van der Waals surface area contributed by atoms with Crippen LogP contribution in [0, 0.1) is 11.8 Å². The minimum atomic E-state index is -1.86. The summed E-state index contributed by atoms with van der Waals surface area (Å²) in [5.74, 6) is 1.44. The smallest absolute Gasteiger partial charge is 0.308 e. The zero-order valence-corrected chi connectivity index (χ0v) is 23.5. The van der Waals surface area contributed by atoms with E-state index >= 15 is 0 Å². The molecular weight excluding hydrogens is 464 g/mol. The van der Waals surface area contributed by atoms with E-state index in [1.165, 1.54) is 7.11 Å². The molecule has 7 nitrogen and oxygen atoms in total. The minimum absolute atomic E-state index is 0.0673. The summed E-state index contributed by atoms with van der Waals surface area (Å²) in [6, 6.07) is 3.86. The molecule has 0 radical (unpaired) electrons. The van der Waals surface area contributed by atoms with Gasteiger partial charge in [-0.1, -0.05) is 19.6 Å². The molecule has 8 heteroatoms. The number of aromatic hydroxyl groups is 1. The Morgan fingerprint density at radius 1 is 1.03 bits per heavy atom. The van der Waals surface area contributed by atoms with Crippen LogP contribution in [0.1, 0.15) is 31.7 Å². The largest absolute Gasteiger partial charge is 0.507 e. The van der Waals surface area contributed by atoms with Crippen molar-refractivity contribution in [1.82, 2.24) is 0 Å². The molecule has 2 aromatic carbocycles. The average Bonchev–Trinajstić information content (AvgIpc) is 2.83. The summed E-state index contributed by atoms with van der Waals surface area (Å²) in [5, 5.41) is 14.0. The van der Waals surface area contributed by atoms with Crippen LogP contribution in [0.2, 0.25) is 19.6 Å². The van der Waals surface area contributed by atoms with Gasteiger partial charge in [-0.2, -0.15) is 0 Å². The number of rotatable bonds is 8. The lowest BCUT2D eigenvalue weighted by Crippen LogP contribution is -2.42. The molecule has 0 spiro atoms. The molecule has 35 heavy (non-hydrogen) atoms. The maximum absolute atomic E-state index is 12.6. The van der Waals surface area contributed by atoms with Gasteiger partial charge in [0.25, 0.3) is 0 Å². The Kier molecular flexibility index (Phi) is 7.96. The van der Waals surface area contributed by atoms with Crippen molar-refractivity contribution in [2.45, 2.75) is 57.8 Å². The van der Waals surface area contributed by atoms with Gasteiger partial charge in [0.05, 0.1) is 58.8 Å². The summed E-state index contributed by atoms with van der Waals surface area (Å²) in [6.07, 6.45) is 2.60. The van der Waals surface area contributed by atoms with Gasteiger partial charge in [0, 0.05) is 7.11 Å². The summed E-state index contributed by atoms with van der Waals surface area (Å²) in [6.45, 7) is 8.75. The molecule has 3 atom stereocenters. The monoisotopic (exact) mass is 504 g/mol. The molecule has 0 aliphatic heterocycles. The van der Waals surface area contributed by atoms with Gasteiger partial charge >= 0.3 is 5.97 Å². The van der Waals surface area contributed by atoms with Gasteiger partial charge in [0.1, 0.15) is 23.0 Å². The topological polar surface area (TPSA) is 83.5 Å². The van der Waals surface area contributed by atoms with Crippen LogP contribution in [-0.4, -0.2) is 60.3 Å². The van der Waals surface area contributed by atoms with Gasteiger partial charge in [-0.05, 0) is 61.4 Å². The van der Waals surface area contributed by atoms with Crippen LogP contribution in [0.15, 0.2) is 12.1 Å². The SMILES string of the molecule is COC(=O)[C@@H]1CC[C@](C)(OC)C[C@H]1Cc1cc(OC)c2c(OC)cc([Si](C)(C)C)c(OC)c2c1O. The van der Waals surface area contributed by atoms with Crippen LogP contribution < -0.4 is 19.4 Å². The maximum Gasteiger partial charge on any atom is 0.308 e. The van der Waals surface area contributed by atoms with Crippen LogP contribution in [0.3, 0.4) is 0 Å². The number of hydrogen-bond donors (Lipinski definition) is 1. The van der Waals surface area contributed by atoms with Crippen molar-refractivity contribution >= 4 is 30.0 Å². The summed E-state index contributed by atoms with van der Waals surface area (Å²) < 4.78 is 28.4. The fraction of sp³-hybridized carbons (Fsp3) is 0.593. The van der Waals surface area contributed by atoms with Crippen LogP contribution in [0.5, 0.6) is 23.0 Å². The number of phenols is 1. The summed E-state index contributed by atoms with van der Waals surface area (Å²) in [7, 11) is 6.12. The van der Waals surface area contributed by atoms with Gasteiger partial charge in [-0.25, -0.2) is 0 Å². The first-order valence-electron chi connectivity index (χ1n) is 12.1. The van der Waals surface area contributed by atoms with Gasteiger partial charge < -0.3 is 28.8 Å². The van der Waals surface area contributed by atoms with Crippen molar-refractivity contribution in [3.8, 4) is 23.0 Å². The lowest BCUT2D eigenvalue weighted by molar-refractivity contribution is -0.152. The van der Waals surface area contributed by atoms with E-state index in [0.717, 1.165) is 11.6 Å². The predicted molar refractivity (Wildman–Crippen MR) is 140 cm³/mol. The van der Waals surface area contributed by atoms with Gasteiger partial charge in [-0.15, -0.1) is 0 Å². The maximum atomic E-state index is 12.6. The lowest BCUT2D eigenvalue weighted by Gasteiger charge is -2.41. The molecule has 1 fully saturated rings. The first kappa shape index (κ1) is 27.1. The molecule has 194 valence electrons. The van der Waals surface area contributed by atoms with Crippen molar-refractivity contribution in [2.75, 3.05) is 35.5 Å². The van der Waals surface area contributed by atoms with E-state index in [0.29, 0.717) is 52.8 Å². The number of hydrogen-bond acceptors (Lipinski definition) is 7. The van der Waals surface area contributed by atoms with Crippen molar-refractivity contribution < 1.29 is 33.6 Å². The highest BCUT2D eigenvalue weighted by atomic mass is 28.3. The lowest BCUT2D eigenvalue weighted by atomic mass is 9.70. The number of benzene rings is 2. The molecular formula is C27H40O7Si. The second kappa shape index (κ2) is 10.3. The van der Waals surface area contributed by atoms with Crippen molar-refractivity contribution in [3.05, 3.63) is 17.7 Å². The Bertz CT molecular complexity index is 1090. The van der Waals surface area contributed by atoms with Crippen LogP contribution in [-0.2, 0) is 20.7 Å². The normalized spacial score (nSPS) is 22.7. The van der Waals surface area contributed by atoms with Gasteiger partial charge in [0.15, 0.2) is 0 Å². The number of esters is 1. The molecule has 2 aromatic rings. The standard InChI is InChI=1S/C27H40O7Si/c1-27(34-6)11-10-18(26(29)33-5)17(15-27)12-16-13-19(30-2)22-20(31-3)14-21(35(7,8)9)25(32-4)23(22)24(16)28/h13-14,17-18,28H,10-12,15H2,1-9H3/t17-,18-,27+/m1/s1. The number of phenolic OH excluding ortho intramolecular Hbond substituents is 1. The number of carbonyl (C=O) groups is 1. The first-order valence-corrected chi connectivity index (χ1v) is 15.6. The number of carbonyl (C=O) groups excluding carboxylic acids is 1. The zero-order valence-electron chi connectivity index (χ0n) is 22.5. The number of methoxy groups -OCH3 is 5. The first-order chi connectivity index (χ1) is 16.4. The fourth-order valence-corrected chi connectivity index (χ4v) is 6.93. The molecule has 1 N–H and O–H groups in total. The average molecular weight is 505 g/mol. The molecule has 1 saturated carbocycles. The molecule has 0 saturated heterocycles. The van der Waals surface area contributed by atoms with Crippen LogP contribution in [0.4, 0.5) is 0 Å².